The van der Waals surface area contributed by atoms with Gasteiger partial charge < -0.3 is 15.2 Å². The number of amides is 1. The van der Waals surface area contributed by atoms with E-state index in [4.69, 9.17) is 9.84 Å². The Morgan fingerprint density at radius 2 is 1.94 bits per heavy atom. The molecule has 1 saturated heterocycles. The summed E-state index contributed by atoms with van der Waals surface area (Å²) in [4.78, 5) is 10.8. The Hall–Kier alpha value is -1.55. The molecule has 0 bridgehead atoms. The number of benzene rings is 1. The average molecular weight is 233 g/mol. The Balaban J connectivity index is 1.84. The number of carbonyl (C=O) groups is 1. The van der Waals surface area contributed by atoms with Crippen LogP contribution < -0.4 is 5.32 Å². The lowest BCUT2D eigenvalue weighted by atomic mass is 9.60. The Kier molecular flexibility index (Phi) is 2.52. The normalized spacial score (nSPS) is 34.8. The zero-order valence-corrected chi connectivity index (χ0v) is 9.37. The number of hydrogen-bond donors (Lipinski definition) is 2. The molecule has 1 heterocycles. The lowest BCUT2D eigenvalue weighted by Crippen LogP contribution is -2.57. The summed E-state index contributed by atoms with van der Waals surface area (Å²) < 4.78 is 5.46. The van der Waals surface area contributed by atoms with Gasteiger partial charge in [-0.05, 0) is 11.5 Å². The highest BCUT2D eigenvalue weighted by Gasteiger charge is 2.54. The highest BCUT2D eigenvalue weighted by molar-refractivity contribution is 5.65. The van der Waals surface area contributed by atoms with Gasteiger partial charge in [0.15, 0.2) is 0 Å². The van der Waals surface area contributed by atoms with Crippen molar-refractivity contribution in [3.05, 3.63) is 35.9 Å². The maximum Gasteiger partial charge on any atom is 0.404 e. The van der Waals surface area contributed by atoms with Crippen molar-refractivity contribution in [1.29, 1.82) is 0 Å². The molecule has 0 spiro atoms. The molecule has 1 saturated carbocycles. The molecule has 1 aliphatic heterocycles. The van der Waals surface area contributed by atoms with Gasteiger partial charge >= 0.3 is 6.09 Å². The second-order valence-corrected chi connectivity index (χ2v) is 4.78. The van der Waals surface area contributed by atoms with Gasteiger partial charge in [-0.15, -0.1) is 0 Å². The largest absolute Gasteiger partial charge is 0.465 e. The van der Waals surface area contributed by atoms with Crippen molar-refractivity contribution in [2.75, 3.05) is 13.2 Å². The standard InChI is InChI=1S/C13H15NO3/c15-13(16)14-12-10-7-17-6-9(10)11(12)8-4-2-1-3-5-8/h1-5,9-12,14H,6-7H2,(H,15,16)/t9-,10+,11+,12-/m1/s1. The molecule has 2 fully saturated rings. The zero-order valence-electron chi connectivity index (χ0n) is 9.37. The Morgan fingerprint density at radius 3 is 2.65 bits per heavy atom. The van der Waals surface area contributed by atoms with Crippen molar-refractivity contribution >= 4 is 6.09 Å². The minimum Gasteiger partial charge on any atom is -0.465 e. The third-order valence-corrected chi connectivity index (χ3v) is 3.95. The quantitative estimate of drug-likeness (QED) is 0.817. The highest BCUT2D eigenvalue weighted by Crippen LogP contribution is 2.50. The van der Waals surface area contributed by atoms with E-state index >= 15 is 0 Å². The summed E-state index contributed by atoms with van der Waals surface area (Å²) in [6.07, 6.45) is -0.943. The van der Waals surface area contributed by atoms with E-state index in [0.717, 1.165) is 6.61 Å². The van der Waals surface area contributed by atoms with Crippen molar-refractivity contribution < 1.29 is 14.6 Å². The molecule has 2 aliphatic rings. The number of nitrogens with one attached hydrogen (secondary N) is 1. The molecule has 1 aliphatic carbocycles. The maximum atomic E-state index is 10.8. The van der Waals surface area contributed by atoms with E-state index in [1.807, 2.05) is 18.2 Å². The van der Waals surface area contributed by atoms with Crippen LogP contribution in [0.1, 0.15) is 11.5 Å². The molecular weight excluding hydrogens is 218 g/mol. The van der Waals surface area contributed by atoms with E-state index in [2.05, 4.69) is 17.4 Å². The molecule has 2 N–H and O–H groups in total. The number of ether oxygens (including phenoxy) is 1. The molecule has 1 aromatic rings. The lowest BCUT2D eigenvalue weighted by Gasteiger charge is -2.47. The van der Waals surface area contributed by atoms with Crippen LogP contribution >= 0.6 is 0 Å². The van der Waals surface area contributed by atoms with E-state index in [0.29, 0.717) is 18.4 Å². The molecule has 4 nitrogen and oxygen atoms in total. The minimum absolute atomic E-state index is 0.00222. The van der Waals surface area contributed by atoms with Crippen LogP contribution in [0.3, 0.4) is 0 Å². The van der Waals surface area contributed by atoms with Crippen molar-refractivity contribution in [2.24, 2.45) is 11.8 Å². The Morgan fingerprint density at radius 1 is 1.24 bits per heavy atom. The maximum absolute atomic E-state index is 10.8. The number of hydrogen-bond acceptors (Lipinski definition) is 2. The molecule has 0 radical (unpaired) electrons. The molecule has 0 unspecified atom stereocenters. The van der Waals surface area contributed by atoms with Crippen LogP contribution in [0.5, 0.6) is 0 Å². The van der Waals surface area contributed by atoms with Crippen LogP contribution in [0.4, 0.5) is 4.79 Å². The summed E-state index contributed by atoms with van der Waals surface area (Å²) in [6.45, 7) is 1.43. The predicted molar refractivity (Wildman–Crippen MR) is 61.9 cm³/mol. The van der Waals surface area contributed by atoms with E-state index in [-0.39, 0.29) is 12.0 Å². The summed E-state index contributed by atoms with van der Waals surface area (Å²) in [6, 6.07) is 10.1. The van der Waals surface area contributed by atoms with Gasteiger partial charge in [-0.2, -0.15) is 0 Å². The van der Waals surface area contributed by atoms with Crippen LogP contribution in [-0.4, -0.2) is 30.5 Å². The van der Waals surface area contributed by atoms with Crippen molar-refractivity contribution in [1.82, 2.24) is 5.32 Å². The average Bonchev–Trinajstić information content (AvgIpc) is 2.72. The molecular formula is C13H15NO3. The zero-order chi connectivity index (χ0) is 11.8. The fourth-order valence-corrected chi connectivity index (χ4v) is 3.18. The van der Waals surface area contributed by atoms with Crippen molar-refractivity contribution in [3.63, 3.8) is 0 Å². The third-order valence-electron chi connectivity index (χ3n) is 3.95. The van der Waals surface area contributed by atoms with Crippen molar-refractivity contribution in [2.45, 2.75) is 12.0 Å². The van der Waals surface area contributed by atoms with Gasteiger partial charge in [-0.3, -0.25) is 0 Å². The van der Waals surface area contributed by atoms with E-state index in [1.165, 1.54) is 5.56 Å². The van der Waals surface area contributed by atoms with Crippen LogP contribution in [0.15, 0.2) is 30.3 Å². The Labute approximate surface area is 99.6 Å². The second kappa shape index (κ2) is 4.04. The summed E-state index contributed by atoms with van der Waals surface area (Å²) >= 11 is 0. The molecule has 17 heavy (non-hydrogen) atoms. The SMILES string of the molecule is O=C(O)N[C@@H]1[C@H]2COC[C@H]2[C@@H]1c1ccccc1. The molecule has 3 rings (SSSR count). The van der Waals surface area contributed by atoms with Gasteiger partial charge in [-0.1, -0.05) is 30.3 Å². The van der Waals surface area contributed by atoms with Gasteiger partial charge in [-0.25, -0.2) is 4.79 Å². The van der Waals surface area contributed by atoms with Gasteiger partial charge in [0.25, 0.3) is 0 Å². The van der Waals surface area contributed by atoms with E-state index in [1.54, 1.807) is 0 Å². The molecule has 4 heteroatoms. The number of carboxylic acid groups (broad SMARTS) is 1. The third kappa shape index (κ3) is 1.69. The first-order valence-electron chi connectivity index (χ1n) is 5.89. The summed E-state index contributed by atoms with van der Waals surface area (Å²) in [7, 11) is 0. The predicted octanol–water partition coefficient (Wildman–Crippen LogP) is 1.68. The van der Waals surface area contributed by atoms with Crippen LogP contribution in [0.25, 0.3) is 0 Å². The minimum atomic E-state index is -0.943. The fourth-order valence-electron chi connectivity index (χ4n) is 3.18. The lowest BCUT2D eigenvalue weighted by molar-refractivity contribution is 0.104. The van der Waals surface area contributed by atoms with E-state index < -0.39 is 6.09 Å². The van der Waals surface area contributed by atoms with Crippen LogP contribution in [0.2, 0.25) is 0 Å². The first-order chi connectivity index (χ1) is 8.27. The van der Waals surface area contributed by atoms with Crippen molar-refractivity contribution in [3.8, 4) is 0 Å². The molecule has 90 valence electrons. The van der Waals surface area contributed by atoms with E-state index in [9.17, 15) is 4.79 Å². The monoisotopic (exact) mass is 233 g/mol. The fraction of sp³-hybridized carbons (Fsp3) is 0.462. The van der Waals surface area contributed by atoms with Crippen LogP contribution in [0, 0.1) is 11.8 Å². The summed E-state index contributed by atoms with van der Waals surface area (Å²) in [5, 5.41) is 11.5. The van der Waals surface area contributed by atoms with Gasteiger partial charge in [0, 0.05) is 17.9 Å². The van der Waals surface area contributed by atoms with Gasteiger partial charge in [0.2, 0.25) is 0 Å². The molecule has 4 atom stereocenters. The number of fused-ring (bicyclic) bond motifs is 1. The second-order valence-electron chi connectivity index (χ2n) is 4.78. The molecule has 1 aromatic carbocycles. The summed E-state index contributed by atoms with van der Waals surface area (Å²) in [5.41, 5.74) is 1.21. The smallest absolute Gasteiger partial charge is 0.404 e. The topological polar surface area (TPSA) is 58.6 Å². The summed E-state index contributed by atoms with van der Waals surface area (Å²) in [5.74, 6) is 1.07. The van der Waals surface area contributed by atoms with Gasteiger partial charge in [0.1, 0.15) is 0 Å². The van der Waals surface area contributed by atoms with Crippen LogP contribution in [-0.2, 0) is 4.74 Å². The van der Waals surface area contributed by atoms with Gasteiger partial charge in [0.05, 0.1) is 13.2 Å². The first kappa shape index (κ1) is 10.6. The molecule has 1 amide bonds. The number of rotatable bonds is 2. The first-order valence-corrected chi connectivity index (χ1v) is 5.89. The highest BCUT2D eigenvalue weighted by atomic mass is 16.5. The Bertz CT molecular complexity index is 420. The molecule has 0 aromatic heterocycles.